The number of fused-ring (bicyclic) bond motifs is 18. The van der Waals surface area contributed by atoms with Crippen molar-refractivity contribution < 1.29 is 43.7 Å². The SMILES string of the molecule is CC(C)CCOc1ccc(-c2ccc(CC3NC(=O)C(Cc4cccs4)NC(=O)CC(O)C(=O)Nc4ccc(cc4)CC(C(=O)O)NC(=O)C(Cc4ccccc4)NC3=O)cc2)cc1. The third-order valence-electron chi connectivity index (χ3n) is 10.7. The third-order valence-corrected chi connectivity index (χ3v) is 11.6. The van der Waals surface area contributed by atoms with Crippen LogP contribution in [0.4, 0.5) is 5.69 Å². The highest BCUT2D eigenvalue weighted by molar-refractivity contribution is 7.09. The molecule has 0 fully saturated rings. The fourth-order valence-electron chi connectivity index (χ4n) is 7.06. The summed E-state index contributed by atoms with van der Waals surface area (Å²) in [7, 11) is 0. The van der Waals surface area contributed by atoms with Gasteiger partial charge in [0.1, 0.15) is 36.0 Å². The standard InChI is InChI=1S/C49H53N5O9S/c1-30(2)22-23-63-37-20-16-35(17-21-37)34-14-10-32(11-15-34)26-40-45(57)52-39(25-31-7-4-3-5-8-31)46(58)54-42(49(61)62)27-33-12-18-36(19-13-33)50-48(60)43(55)29-44(56)51-41(47(59)53-40)28-38-9-6-24-64-38/h3-21,24,30,39-43,55H,22-23,25-29H2,1-2H3,(H,50,60)(H,51,56)(H,52,57)(H,53,59)(H,54,58)(H,61,62). The predicted octanol–water partition coefficient (Wildman–Crippen LogP) is 4.84. The smallest absolute Gasteiger partial charge is 0.326 e. The maximum absolute atomic E-state index is 14.5. The van der Waals surface area contributed by atoms with E-state index in [0.717, 1.165) is 28.2 Å². The number of amides is 5. The second-order valence-electron chi connectivity index (χ2n) is 16.2. The number of carbonyl (C=O) groups is 6. The number of thiophene rings is 1. The van der Waals surface area contributed by atoms with Crippen LogP contribution < -0.4 is 31.3 Å². The van der Waals surface area contributed by atoms with Gasteiger partial charge in [-0.15, -0.1) is 11.3 Å². The summed E-state index contributed by atoms with van der Waals surface area (Å²) in [6.07, 6.45) is -1.66. The minimum atomic E-state index is -1.78. The molecule has 7 N–H and O–H groups in total. The van der Waals surface area contributed by atoms with Crippen molar-refractivity contribution >= 4 is 52.5 Å². The monoisotopic (exact) mass is 887 g/mol. The molecule has 0 aliphatic carbocycles. The predicted molar refractivity (Wildman–Crippen MR) is 243 cm³/mol. The molecule has 0 saturated carbocycles. The Morgan fingerprint density at radius 1 is 0.656 bits per heavy atom. The molecule has 5 atom stereocenters. The van der Waals surface area contributed by atoms with E-state index in [9.17, 15) is 39.0 Å². The molecule has 1 aromatic heterocycles. The normalized spacial score (nSPS) is 20.2. The molecule has 0 saturated heterocycles. The Bertz CT molecular complexity index is 2360. The molecule has 2 aliphatic rings. The van der Waals surface area contributed by atoms with Crippen LogP contribution in [-0.4, -0.2) is 82.6 Å². The fourth-order valence-corrected chi connectivity index (χ4v) is 7.81. The maximum Gasteiger partial charge on any atom is 0.326 e. The Kier molecular flexibility index (Phi) is 16.4. The van der Waals surface area contributed by atoms with Crippen LogP contribution in [0.25, 0.3) is 11.1 Å². The van der Waals surface area contributed by atoms with Crippen molar-refractivity contribution in [3.8, 4) is 16.9 Å². The van der Waals surface area contributed by atoms with Gasteiger partial charge in [0.25, 0.3) is 5.91 Å². The van der Waals surface area contributed by atoms with Crippen LogP contribution in [0.3, 0.4) is 0 Å². The molecule has 5 aromatic rings. The molecule has 2 aliphatic heterocycles. The van der Waals surface area contributed by atoms with Gasteiger partial charge in [-0.3, -0.25) is 24.0 Å². The van der Waals surface area contributed by atoms with Gasteiger partial charge in [-0.05, 0) is 75.9 Å². The Morgan fingerprint density at radius 3 is 1.81 bits per heavy atom. The lowest BCUT2D eigenvalue weighted by Gasteiger charge is -2.26. The zero-order chi connectivity index (χ0) is 45.6. The van der Waals surface area contributed by atoms with Crippen LogP contribution in [0.1, 0.15) is 48.3 Å². The number of anilines is 1. The number of carboxylic acid groups (broad SMARTS) is 1. The lowest BCUT2D eigenvalue weighted by Crippen LogP contribution is -2.59. The third kappa shape index (κ3) is 13.8. The molecule has 64 heavy (non-hydrogen) atoms. The van der Waals surface area contributed by atoms with Gasteiger partial charge in [-0.1, -0.05) is 98.8 Å². The van der Waals surface area contributed by atoms with E-state index in [1.807, 2.05) is 53.9 Å². The molecule has 2 bridgehead atoms. The van der Waals surface area contributed by atoms with E-state index in [2.05, 4.69) is 40.4 Å². The van der Waals surface area contributed by atoms with Gasteiger partial charge in [0, 0.05) is 36.2 Å². The number of nitrogens with one attached hydrogen (secondary N) is 5. The van der Waals surface area contributed by atoms with Gasteiger partial charge in [-0.2, -0.15) is 0 Å². The van der Waals surface area contributed by atoms with Crippen molar-refractivity contribution in [3.63, 3.8) is 0 Å². The van der Waals surface area contributed by atoms with Gasteiger partial charge in [0.2, 0.25) is 23.6 Å². The molecular formula is C49H53N5O9S. The first-order valence-electron chi connectivity index (χ1n) is 21.2. The molecule has 15 heteroatoms. The number of aliphatic hydroxyl groups excluding tert-OH is 1. The molecule has 5 unspecified atom stereocenters. The number of hydrogen-bond acceptors (Lipinski definition) is 9. The van der Waals surface area contributed by atoms with Crippen molar-refractivity contribution in [1.29, 1.82) is 0 Å². The largest absolute Gasteiger partial charge is 0.494 e. The molecule has 334 valence electrons. The number of carboxylic acids is 1. The molecule has 0 spiro atoms. The number of aliphatic carboxylic acids is 1. The van der Waals surface area contributed by atoms with Gasteiger partial charge in [0.15, 0.2) is 0 Å². The highest BCUT2D eigenvalue weighted by atomic mass is 32.1. The average molecular weight is 888 g/mol. The van der Waals surface area contributed by atoms with E-state index in [4.69, 9.17) is 4.74 Å². The van der Waals surface area contributed by atoms with E-state index in [0.29, 0.717) is 29.2 Å². The van der Waals surface area contributed by atoms with Crippen molar-refractivity contribution in [2.24, 2.45) is 5.92 Å². The number of hydrogen-bond donors (Lipinski definition) is 7. The molecule has 14 nitrogen and oxygen atoms in total. The highest BCUT2D eigenvalue weighted by Gasteiger charge is 2.33. The molecule has 0 radical (unpaired) electrons. The zero-order valence-corrected chi connectivity index (χ0v) is 36.4. The van der Waals surface area contributed by atoms with E-state index in [1.54, 1.807) is 54.6 Å². The second-order valence-corrected chi connectivity index (χ2v) is 17.2. The Balaban J connectivity index is 1.32. The summed E-state index contributed by atoms with van der Waals surface area (Å²) < 4.78 is 5.88. The van der Waals surface area contributed by atoms with Crippen LogP contribution in [0, 0.1) is 5.92 Å². The van der Waals surface area contributed by atoms with Gasteiger partial charge in [0.05, 0.1) is 13.0 Å². The summed E-state index contributed by atoms with van der Waals surface area (Å²) in [5, 5.41) is 36.1. The molecule has 3 heterocycles. The summed E-state index contributed by atoms with van der Waals surface area (Å²) in [6.45, 7) is 4.90. The summed E-state index contributed by atoms with van der Waals surface area (Å²) >= 11 is 1.35. The molecule has 5 amide bonds. The lowest BCUT2D eigenvalue weighted by molar-refractivity contribution is -0.142. The first-order valence-corrected chi connectivity index (χ1v) is 22.1. The Hall–Kier alpha value is -6.84. The van der Waals surface area contributed by atoms with Gasteiger partial charge in [-0.25, -0.2) is 4.79 Å². The van der Waals surface area contributed by atoms with E-state index >= 15 is 0 Å². The quantitative estimate of drug-likeness (QED) is 0.0854. The Morgan fingerprint density at radius 2 is 1.23 bits per heavy atom. The van der Waals surface area contributed by atoms with Crippen LogP contribution >= 0.6 is 11.3 Å². The van der Waals surface area contributed by atoms with Crippen LogP contribution in [0.2, 0.25) is 0 Å². The van der Waals surface area contributed by atoms with Crippen molar-refractivity contribution in [2.45, 2.75) is 82.6 Å². The number of rotatable bonds is 12. The molecular weight excluding hydrogens is 835 g/mol. The minimum Gasteiger partial charge on any atom is -0.494 e. The average Bonchev–Trinajstić information content (AvgIpc) is 3.79. The van der Waals surface area contributed by atoms with Crippen LogP contribution in [0.15, 0.2) is 121 Å². The first-order chi connectivity index (χ1) is 30.8. The van der Waals surface area contributed by atoms with Gasteiger partial charge < -0.3 is 41.5 Å². The first kappa shape index (κ1) is 46.7. The summed E-state index contributed by atoms with van der Waals surface area (Å²) in [6, 6.07) is 28.6. The summed E-state index contributed by atoms with van der Waals surface area (Å²) in [5.41, 5.74) is 3.97. The zero-order valence-electron chi connectivity index (χ0n) is 35.6. The van der Waals surface area contributed by atoms with E-state index < -0.39 is 72.2 Å². The van der Waals surface area contributed by atoms with E-state index in [-0.39, 0.29) is 31.4 Å². The number of aliphatic hydroxyl groups is 1. The highest BCUT2D eigenvalue weighted by Crippen LogP contribution is 2.24. The number of ether oxygens (including phenoxy) is 1. The number of carbonyl (C=O) groups excluding carboxylic acids is 5. The van der Waals surface area contributed by atoms with Crippen LogP contribution in [0.5, 0.6) is 5.75 Å². The van der Waals surface area contributed by atoms with E-state index in [1.165, 1.54) is 23.5 Å². The lowest BCUT2D eigenvalue weighted by atomic mass is 9.99. The Labute approximate surface area is 375 Å². The second kappa shape index (κ2) is 22.5. The summed E-state index contributed by atoms with van der Waals surface area (Å²) in [4.78, 5) is 82.5. The number of benzene rings is 4. The van der Waals surface area contributed by atoms with Crippen molar-refractivity contribution in [1.82, 2.24) is 21.3 Å². The fraction of sp³-hybridized carbons (Fsp3) is 0.306. The molecule has 7 rings (SSSR count). The van der Waals surface area contributed by atoms with Crippen molar-refractivity contribution in [2.75, 3.05) is 11.9 Å². The summed E-state index contributed by atoms with van der Waals surface area (Å²) in [5.74, 6) is -3.90. The van der Waals surface area contributed by atoms with Gasteiger partial charge >= 0.3 is 5.97 Å². The molecule has 4 aromatic carbocycles. The topological polar surface area (TPSA) is 212 Å². The minimum absolute atomic E-state index is 0.00451. The van der Waals surface area contributed by atoms with Crippen molar-refractivity contribution in [3.05, 3.63) is 142 Å². The van der Waals surface area contributed by atoms with Crippen LogP contribution in [-0.2, 0) is 54.5 Å². The maximum atomic E-state index is 14.5.